The van der Waals surface area contributed by atoms with Crippen molar-refractivity contribution in [3.63, 3.8) is 0 Å². The van der Waals surface area contributed by atoms with E-state index in [0.717, 1.165) is 37.9 Å². The summed E-state index contributed by atoms with van der Waals surface area (Å²) in [6.45, 7) is 3.66. The molecule has 0 spiro atoms. The molecular formula is C14H24N4O2. The second-order valence-electron chi connectivity index (χ2n) is 5.57. The maximum atomic E-state index is 11.2. The van der Waals surface area contributed by atoms with E-state index in [1.165, 1.54) is 6.20 Å². The summed E-state index contributed by atoms with van der Waals surface area (Å²) in [5.41, 5.74) is 7.03. The van der Waals surface area contributed by atoms with Crippen LogP contribution in [0, 0.1) is 0 Å². The first-order valence-corrected chi connectivity index (χ1v) is 7.26. The first kappa shape index (κ1) is 15.0. The van der Waals surface area contributed by atoms with Crippen LogP contribution in [0.2, 0.25) is 0 Å². The van der Waals surface area contributed by atoms with Gasteiger partial charge in [-0.2, -0.15) is 5.10 Å². The molecule has 0 aromatic carbocycles. The molecule has 0 radical (unpaired) electrons. The minimum Gasteiger partial charge on any atom is -0.478 e. The van der Waals surface area contributed by atoms with Crippen molar-refractivity contribution in [3.8, 4) is 0 Å². The molecule has 0 aliphatic heterocycles. The van der Waals surface area contributed by atoms with Crippen molar-refractivity contribution in [1.29, 1.82) is 0 Å². The fraction of sp³-hybridized carbons (Fsp3) is 0.714. The Hall–Kier alpha value is -1.40. The van der Waals surface area contributed by atoms with Crippen molar-refractivity contribution in [2.24, 2.45) is 12.8 Å². The number of hydrogen-bond donors (Lipinski definition) is 2. The third-order valence-corrected chi connectivity index (χ3v) is 4.31. The van der Waals surface area contributed by atoms with E-state index in [4.69, 9.17) is 5.73 Å². The number of nitrogens with two attached hydrogens (primary N) is 1. The summed E-state index contributed by atoms with van der Waals surface area (Å²) in [7, 11) is 1.80. The zero-order valence-corrected chi connectivity index (χ0v) is 12.2. The molecule has 1 fully saturated rings. The lowest BCUT2D eigenvalue weighted by Gasteiger charge is -2.35. The van der Waals surface area contributed by atoms with E-state index in [0.29, 0.717) is 24.2 Å². The average Bonchev–Trinajstić information content (AvgIpc) is 2.78. The second kappa shape index (κ2) is 6.37. The Morgan fingerprint density at radius 2 is 2.15 bits per heavy atom. The smallest absolute Gasteiger partial charge is 0.339 e. The predicted octanol–water partition coefficient (Wildman–Crippen LogP) is 1.21. The lowest BCUT2D eigenvalue weighted by atomic mass is 9.90. The van der Waals surface area contributed by atoms with E-state index in [1.807, 2.05) is 0 Å². The largest absolute Gasteiger partial charge is 0.478 e. The van der Waals surface area contributed by atoms with E-state index in [-0.39, 0.29) is 0 Å². The monoisotopic (exact) mass is 280 g/mol. The molecule has 6 heteroatoms. The lowest BCUT2D eigenvalue weighted by molar-refractivity contribution is 0.0692. The van der Waals surface area contributed by atoms with Gasteiger partial charge in [0, 0.05) is 25.7 Å². The Morgan fingerprint density at radius 3 is 2.70 bits per heavy atom. The molecule has 1 aliphatic carbocycles. The standard InChI is InChI=1S/C14H24N4O2/c1-3-18(11-6-4-10(15)5-7-11)9-13-12(14(19)20)8-16-17(13)2/h8,10-11H,3-7,9,15H2,1-2H3,(H,19,20). The van der Waals surface area contributed by atoms with Gasteiger partial charge >= 0.3 is 5.97 Å². The summed E-state index contributed by atoms with van der Waals surface area (Å²) in [5, 5.41) is 13.3. The van der Waals surface area contributed by atoms with Crippen LogP contribution in [0.15, 0.2) is 6.20 Å². The maximum Gasteiger partial charge on any atom is 0.339 e. The van der Waals surface area contributed by atoms with E-state index < -0.39 is 5.97 Å². The van der Waals surface area contributed by atoms with E-state index in [1.54, 1.807) is 11.7 Å². The Morgan fingerprint density at radius 1 is 1.50 bits per heavy atom. The van der Waals surface area contributed by atoms with Crippen LogP contribution in [-0.4, -0.2) is 44.4 Å². The number of carbonyl (C=O) groups is 1. The lowest BCUT2D eigenvalue weighted by Crippen LogP contribution is -2.41. The zero-order chi connectivity index (χ0) is 14.7. The number of rotatable bonds is 5. The van der Waals surface area contributed by atoms with Crippen molar-refractivity contribution >= 4 is 5.97 Å². The van der Waals surface area contributed by atoms with Gasteiger partial charge in [-0.3, -0.25) is 9.58 Å². The Balaban J connectivity index is 2.10. The van der Waals surface area contributed by atoms with E-state index in [9.17, 15) is 9.90 Å². The molecule has 3 N–H and O–H groups in total. The maximum absolute atomic E-state index is 11.2. The van der Waals surface area contributed by atoms with Crippen molar-refractivity contribution in [2.45, 2.75) is 51.2 Å². The molecule has 0 saturated heterocycles. The molecule has 0 amide bonds. The highest BCUT2D eigenvalue weighted by Gasteiger charge is 2.25. The molecular weight excluding hydrogens is 256 g/mol. The SMILES string of the molecule is CCN(Cc1c(C(=O)O)cnn1C)C1CCC(N)CC1. The molecule has 0 atom stereocenters. The van der Waals surface area contributed by atoms with Crippen molar-refractivity contribution < 1.29 is 9.90 Å². The summed E-state index contributed by atoms with van der Waals surface area (Å²) in [6.07, 6.45) is 5.73. The molecule has 6 nitrogen and oxygen atoms in total. The van der Waals surface area contributed by atoms with Gasteiger partial charge in [-0.25, -0.2) is 4.79 Å². The molecule has 1 heterocycles. The van der Waals surface area contributed by atoms with Gasteiger partial charge in [0.2, 0.25) is 0 Å². The number of aryl methyl sites for hydroxylation is 1. The minimum atomic E-state index is -0.908. The summed E-state index contributed by atoms with van der Waals surface area (Å²) in [6, 6.07) is 0.826. The van der Waals surface area contributed by atoms with Gasteiger partial charge in [0.05, 0.1) is 11.9 Å². The molecule has 1 aromatic rings. The number of aromatic nitrogens is 2. The Labute approximate surface area is 119 Å². The van der Waals surface area contributed by atoms with Gasteiger partial charge in [0.1, 0.15) is 5.56 Å². The van der Waals surface area contributed by atoms with Crippen LogP contribution in [0.4, 0.5) is 0 Å². The summed E-state index contributed by atoms with van der Waals surface area (Å²) in [5.74, 6) is -0.908. The normalized spacial score (nSPS) is 23.2. The third-order valence-electron chi connectivity index (χ3n) is 4.31. The van der Waals surface area contributed by atoms with Crippen LogP contribution < -0.4 is 5.73 Å². The first-order chi connectivity index (χ1) is 9.52. The fourth-order valence-electron chi connectivity index (χ4n) is 2.99. The fourth-order valence-corrected chi connectivity index (χ4v) is 2.99. The number of carboxylic acid groups (broad SMARTS) is 1. The van der Waals surface area contributed by atoms with Crippen LogP contribution in [0.5, 0.6) is 0 Å². The van der Waals surface area contributed by atoms with Gasteiger partial charge in [0.15, 0.2) is 0 Å². The number of carboxylic acids is 1. The number of aromatic carboxylic acids is 1. The summed E-state index contributed by atoms with van der Waals surface area (Å²) in [4.78, 5) is 13.6. The Kier molecular flexibility index (Phi) is 4.77. The van der Waals surface area contributed by atoms with Crippen LogP contribution in [0.3, 0.4) is 0 Å². The molecule has 0 bridgehead atoms. The highest BCUT2D eigenvalue weighted by Crippen LogP contribution is 2.24. The van der Waals surface area contributed by atoms with Crippen LogP contribution >= 0.6 is 0 Å². The molecule has 1 saturated carbocycles. The molecule has 2 rings (SSSR count). The molecule has 20 heavy (non-hydrogen) atoms. The number of hydrogen-bond acceptors (Lipinski definition) is 4. The van der Waals surface area contributed by atoms with E-state index in [2.05, 4.69) is 16.9 Å². The van der Waals surface area contributed by atoms with Gasteiger partial charge in [0.25, 0.3) is 0 Å². The first-order valence-electron chi connectivity index (χ1n) is 7.26. The second-order valence-corrected chi connectivity index (χ2v) is 5.57. The quantitative estimate of drug-likeness (QED) is 0.847. The molecule has 0 unspecified atom stereocenters. The van der Waals surface area contributed by atoms with Gasteiger partial charge in [-0.05, 0) is 32.2 Å². The van der Waals surface area contributed by atoms with Gasteiger partial charge in [-0.15, -0.1) is 0 Å². The van der Waals surface area contributed by atoms with E-state index >= 15 is 0 Å². The predicted molar refractivity (Wildman–Crippen MR) is 76.5 cm³/mol. The third kappa shape index (κ3) is 3.19. The zero-order valence-electron chi connectivity index (χ0n) is 12.2. The summed E-state index contributed by atoms with van der Waals surface area (Å²) >= 11 is 0. The topological polar surface area (TPSA) is 84.4 Å². The molecule has 1 aliphatic rings. The average molecular weight is 280 g/mol. The highest BCUT2D eigenvalue weighted by atomic mass is 16.4. The molecule has 112 valence electrons. The van der Waals surface area contributed by atoms with Crippen molar-refractivity contribution in [2.75, 3.05) is 6.54 Å². The highest BCUT2D eigenvalue weighted by molar-refractivity contribution is 5.88. The van der Waals surface area contributed by atoms with Gasteiger partial charge in [-0.1, -0.05) is 6.92 Å². The van der Waals surface area contributed by atoms with Crippen LogP contribution in [0.25, 0.3) is 0 Å². The Bertz CT molecular complexity index is 464. The number of nitrogens with zero attached hydrogens (tertiary/aromatic N) is 3. The van der Waals surface area contributed by atoms with Crippen molar-refractivity contribution in [1.82, 2.24) is 14.7 Å². The van der Waals surface area contributed by atoms with Gasteiger partial charge < -0.3 is 10.8 Å². The van der Waals surface area contributed by atoms with Crippen LogP contribution in [-0.2, 0) is 13.6 Å². The van der Waals surface area contributed by atoms with Crippen LogP contribution in [0.1, 0.15) is 48.7 Å². The summed E-state index contributed by atoms with van der Waals surface area (Å²) < 4.78 is 1.67. The van der Waals surface area contributed by atoms with Crippen molar-refractivity contribution in [3.05, 3.63) is 17.5 Å². The molecule has 1 aromatic heterocycles. The minimum absolute atomic E-state index is 0.304.